The molecule has 1 aromatic rings. The molecule has 0 bridgehead atoms. The Labute approximate surface area is 99.8 Å². The fraction of sp³-hybridized carbons (Fsp3) is 0.545. The largest absolute Gasteiger partial charge is 0.478 e. The second kappa shape index (κ2) is 4.99. The first kappa shape index (κ1) is 11.6. The number of amides is 1. The lowest BCUT2D eigenvalue weighted by molar-refractivity contribution is -0.119. The number of nitrogens with one attached hydrogen (secondary N) is 2. The van der Waals surface area contributed by atoms with Crippen LogP contribution in [0.15, 0.2) is 6.07 Å². The Balaban J connectivity index is 2.07. The molecule has 0 aromatic carbocycles. The highest BCUT2D eigenvalue weighted by atomic mass is 16.5. The summed E-state index contributed by atoms with van der Waals surface area (Å²) < 4.78 is 5.34. The van der Waals surface area contributed by atoms with Gasteiger partial charge in [0.15, 0.2) is 0 Å². The van der Waals surface area contributed by atoms with E-state index < -0.39 is 0 Å². The van der Waals surface area contributed by atoms with E-state index in [1.165, 1.54) is 0 Å². The van der Waals surface area contributed by atoms with Crippen molar-refractivity contribution in [3.63, 3.8) is 0 Å². The summed E-state index contributed by atoms with van der Waals surface area (Å²) in [7, 11) is 0. The highest BCUT2D eigenvalue weighted by Gasteiger charge is 2.22. The molecule has 0 spiro atoms. The van der Waals surface area contributed by atoms with Gasteiger partial charge in [-0.3, -0.25) is 4.79 Å². The maximum Gasteiger partial charge on any atom is 0.226 e. The van der Waals surface area contributed by atoms with Gasteiger partial charge in [0.05, 0.1) is 12.6 Å². The molecule has 2 N–H and O–H groups in total. The third-order valence-electron chi connectivity index (χ3n) is 2.43. The molecular weight excluding hydrogens is 220 g/mol. The number of carbonyl (C=O) groups excluding carboxylic acids is 1. The fourth-order valence-corrected chi connectivity index (χ4v) is 1.72. The summed E-state index contributed by atoms with van der Waals surface area (Å²) in [6.45, 7) is 4.97. The van der Waals surface area contributed by atoms with Crippen LogP contribution in [-0.2, 0) is 4.79 Å². The van der Waals surface area contributed by atoms with E-state index in [1.54, 1.807) is 6.07 Å². The molecule has 1 aromatic heterocycles. The Kier molecular flexibility index (Phi) is 3.41. The van der Waals surface area contributed by atoms with Crippen LogP contribution >= 0.6 is 0 Å². The predicted octanol–water partition coefficient (Wildman–Crippen LogP) is 0.484. The van der Waals surface area contributed by atoms with Crippen LogP contribution in [0, 0.1) is 6.92 Å². The summed E-state index contributed by atoms with van der Waals surface area (Å²) in [6, 6.07) is 1.84. The predicted molar refractivity (Wildman–Crippen MR) is 63.0 cm³/mol. The van der Waals surface area contributed by atoms with Gasteiger partial charge < -0.3 is 15.4 Å². The van der Waals surface area contributed by atoms with Crippen LogP contribution in [0.1, 0.15) is 19.0 Å². The third-order valence-corrected chi connectivity index (χ3v) is 2.43. The lowest BCUT2D eigenvalue weighted by atomic mass is 10.2. The van der Waals surface area contributed by atoms with Crippen molar-refractivity contribution < 1.29 is 9.53 Å². The maximum absolute atomic E-state index is 11.1. The fourth-order valence-electron chi connectivity index (χ4n) is 1.72. The summed E-state index contributed by atoms with van der Waals surface area (Å²) >= 11 is 0. The second-order valence-corrected chi connectivity index (χ2v) is 3.95. The van der Waals surface area contributed by atoms with Crippen molar-refractivity contribution in [2.24, 2.45) is 0 Å². The standard InChI is InChI=1S/C11H16N4O2/c1-3-17-10-4-7(2)13-11(15-10)14-8-5-9(16)12-6-8/h4,8H,3,5-6H2,1-2H3,(H,12,16)(H,13,14,15). The Bertz CT molecular complexity index is 422. The number of rotatable bonds is 4. The van der Waals surface area contributed by atoms with Crippen LogP contribution in [0.3, 0.4) is 0 Å². The Morgan fingerprint density at radius 3 is 3.06 bits per heavy atom. The van der Waals surface area contributed by atoms with Gasteiger partial charge in [0.25, 0.3) is 0 Å². The van der Waals surface area contributed by atoms with Crippen molar-refractivity contribution in [1.29, 1.82) is 0 Å². The van der Waals surface area contributed by atoms with E-state index in [0.717, 1.165) is 5.69 Å². The summed E-state index contributed by atoms with van der Waals surface area (Å²) in [6.07, 6.45) is 0.460. The van der Waals surface area contributed by atoms with Crippen LogP contribution in [0.2, 0.25) is 0 Å². The van der Waals surface area contributed by atoms with Gasteiger partial charge in [-0.05, 0) is 13.8 Å². The summed E-state index contributed by atoms with van der Waals surface area (Å²) in [5.74, 6) is 1.12. The van der Waals surface area contributed by atoms with Gasteiger partial charge in [0.2, 0.25) is 17.7 Å². The number of ether oxygens (including phenoxy) is 1. The van der Waals surface area contributed by atoms with Crippen molar-refractivity contribution in [2.75, 3.05) is 18.5 Å². The Morgan fingerprint density at radius 1 is 1.59 bits per heavy atom. The minimum Gasteiger partial charge on any atom is -0.478 e. The number of hydrogen-bond acceptors (Lipinski definition) is 5. The average Bonchev–Trinajstić information content (AvgIpc) is 2.63. The Hall–Kier alpha value is -1.85. The molecule has 1 saturated heterocycles. The highest BCUT2D eigenvalue weighted by molar-refractivity contribution is 5.79. The number of nitrogens with zero attached hydrogens (tertiary/aromatic N) is 2. The van der Waals surface area contributed by atoms with Crippen LogP contribution in [0.25, 0.3) is 0 Å². The smallest absolute Gasteiger partial charge is 0.226 e. The molecule has 1 fully saturated rings. The zero-order valence-corrected chi connectivity index (χ0v) is 9.99. The molecule has 1 aliphatic rings. The number of hydrogen-bond donors (Lipinski definition) is 2. The van der Waals surface area contributed by atoms with E-state index in [4.69, 9.17) is 4.74 Å². The third kappa shape index (κ3) is 3.05. The average molecular weight is 236 g/mol. The van der Waals surface area contributed by atoms with Gasteiger partial charge in [-0.2, -0.15) is 4.98 Å². The molecule has 2 heterocycles. The van der Waals surface area contributed by atoms with Crippen molar-refractivity contribution in [1.82, 2.24) is 15.3 Å². The molecule has 17 heavy (non-hydrogen) atoms. The van der Waals surface area contributed by atoms with Gasteiger partial charge in [-0.15, -0.1) is 0 Å². The first-order chi connectivity index (χ1) is 8.17. The monoisotopic (exact) mass is 236 g/mol. The van der Waals surface area contributed by atoms with Gasteiger partial charge in [0.1, 0.15) is 0 Å². The molecule has 1 aliphatic heterocycles. The summed E-state index contributed by atoms with van der Waals surface area (Å²) in [4.78, 5) is 19.6. The zero-order valence-electron chi connectivity index (χ0n) is 9.99. The van der Waals surface area contributed by atoms with Gasteiger partial charge in [0, 0.05) is 24.7 Å². The van der Waals surface area contributed by atoms with Gasteiger partial charge in [-0.25, -0.2) is 4.98 Å². The SMILES string of the molecule is CCOc1cc(C)nc(NC2CNC(=O)C2)n1. The van der Waals surface area contributed by atoms with Gasteiger partial charge in [-0.1, -0.05) is 0 Å². The molecule has 92 valence electrons. The molecule has 6 heteroatoms. The van der Waals surface area contributed by atoms with Crippen LogP contribution in [0.4, 0.5) is 5.95 Å². The number of anilines is 1. The minimum absolute atomic E-state index is 0.0544. The topological polar surface area (TPSA) is 76.1 Å². The molecule has 6 nitrogen and oxygen atoms in total. The lowest BCUT2D eigenvalue weighted by Crippen LogP contribution is -2.23. The zero-order chi connectivity index (χ0) is 12.3. The molecule has 1 unspecified atom stereocenters. The number of aromatic nitrogens is 2. The summed E-state index contributed by atoms with van der Waals surface area (Å²) in [5.41, 5.74) is 0.836. The molecule has 0 aliphatic carbocycles. The molecule has 2 rings (SSSR count). The molecule has 0 radical (unpaired) electrons. The molecule has 1 atom stereocenters. The van der Waals surface area contributed by atoms with Crippen molar-refractivity contribution in [3.05, 3.63) is 11.8 Å². The molecule has 0 saturated carbocycles. The molecule has 1 amide bonds. The van der Waals surface area contributed by atoms with Crippen molar-refractivity contribution >= 4 is 11.9 Å². The number of carbonyl (C=O) groups is 1. The Morgan fingerprint density at radius 2 is 2.41 bits per heavy atom. The van der Waals surface area contributed by atoms with E-state index in [1.807, 2.05) is 13.8 Å². The highest BCUT2D eigenvalue weighted by Crippen LogP contribution is 2.14. The second-order valence-electron chi connectivity index (χ2n) is 3.95. The molecular formula is C11H16N4O2. The van der Waals surface area contributed by atoms with E-state index in [-0.39, 0.29) is 11.9 Å². The van der Waals surface area contributed by atoms with Crippen LogP contribution in [-0.4, -0.2) is 35.1 Å². The van der Waals surface area contributed by atoms with Crippen molar-refractivity contribution in [3.8, 4) is 5.88 Å². The van der Waals surface area contributed by atoms with E-state index >= 15 is 0 Å². The van der Waals surface area contributed by atoms with Gasteiger partial charge >= 0.3 is 0 Å². The minimum atomic E-state index is 0.0544. The normalized spacial score (nSPS) is 18.9. The lowest BCUT2D eigenvalue weighted by Gasteiger charge is -2.11. The first-order valence-electron chi connectivity index (χ1n) is 5.69. The quantitative estimate of drug-likeness (QED) is 0.795. The van der Waals surface area contributed by atoms with Crippen LogP contribution < -0.4 is 15.4 Å². The number of aryl methyl sites for hydroxylation is 1. The van der Waals surface area contributed by atoms with Crippen molar-refractivity contribution in [2.45, 2.75) is 26.3 Å². The van der Waals surface area contributed by atoms with E-state index in [9.17, 15) is 4.79 Å². The maximum atomic E-state index is 11.1. The van der Waals surface area contributed by atoms with Crippen LogP contribution in [0.5, 0.6) is 5.88 Å². The summed E-state index contributed by atoms with van der Waals surface area (Å²) in [5, 5.41) is 5.88. The van der Waals surface area contributed by atoms with E-state index in [2.05, 4.69) is 20.6 Å². The van der Waals surface area contributed by atoms with E-state index in [0.29, 0.717) is 31.4 Å². The first-order valence-corrected chi connectivity index (χ1v) is 5.69.